The van der Waals surface area contributed by atoms with Crippen LogP contribution in [0.1, 0.15) is 19.8 Å². The summed E-state index contributed by atoms with van der Waals surface area (Å²) in [5.41, 5.74) is 0. The SMILES string of the molecule is CCOc1ccc(OCC(=O)NCCC2CCNC2)cc1.Cl. The minimum Gasteiger partial charge on any atom is -0.494 e. The molecule has 0 spiro atoms. The predicted octanol–water partition coefficient (Wildman–Crippen LogP) is 2.00. The molecule has 2 rings (SSSR count). The lowest BCUT2D eigenvalue weighted by atomic mass is 10.1. The summed E-state index contributed by atoms with van der Waals surface area (Å²) in [6.45, 7) is 5.52. The Balaban J connectivity index is 0.00000242. The van der Waals surface area contributed by atoms with Crippen molar-refractivity contribution in [2.45, 2.75) is 19.8 Å². The minimum atomic E-state index is -0.0742. The Labute approximate surface area is 138 Å². The zero-order chi connectivity index (χ0) is 14.9. The molecular weight excluding hydrogens is 304 g/mol. The van der Waals surface area contributed by atoms with Gasteiger partial charge >= 0.3 is 0 Å². The second-order valence-electron chi connectivity index (χ2n) is 5.19. The van der Waals surface area contributed by atoms with Crippen LogP contribution in [-0.2, 0) is 4.79 Å². The largest absolute Gasteiger partial charge is 0.494 e. The van der Waals surface area contributed by atoms with Crippen LogP contribution in [0.5, 0.6) is 11.5 Å². The van der Waals surface area contributed by atoms with Crippen LogP contribution in [-0.4, -0.2) is 38.8 Å². The van der Waals surface area contributed by atoms with E-state index in [0.29, 0.717) is 18.3 Å². The molecule has 2 N–H and O–H groups in total. The molecule has 5 nitrogen and oxygen atoms in total. The van der Waals surface area contributed by atoms with E-state index in [4.69, 9.17) is 9.47 Å². The van der Waals surface area contributed by atoms with E-state index >= 15 is 0 Å². The number of amides is 1. The molecule has 0 aromatic heterocycles. The molecular formula is C16H25ClN2O3. The number of ether oxygens (including phenoxy) is 2. The molecule has 1 aliphatic heterocycles. The van der Waals surface area contributed by atoms with Gasteiger partial charge in [-0.15, -0.1) is 12.4 Å². The van der Waals surface area contributed by atoms with E-state index in [2.05, 4.69) is 10.6 Å². The number of rotatable bonds is 8. The van der Waals surface area contributed by atoms with Crippen LogP contribution < -0.4 is 20.1 Å². The first kappa shape index (κ1) is 18.6. The van der Waals surface area contributed by atoms with Crippen LogP contribution in [0.2, 0.25) is 0 Å². The van der Waals surface area contributed by atoms with Gasteiger partial charge in [0.05, 0.1) is 6.61 Å². The van der Waals surface area contributed by atoms with Gasteiger partial charge in [-0.3, -0.25) is 4.79 Å². The van der Waals surface area contributed by atoms with Crippen LogP contribution in [0, 0.1) is 5.92 Å². The van der Waals surface area contributed by atoms with Crippen LogP contribution in [0.4, 0.5) is 0 Å². The van der Waals surface area contributed by atoms with E-state index in [-0.39, 0.29) is 24.9 Å². The molecule has 1 amide bonds. The van der Waals surface area contributed by atoms with E-state index in [0.717, 1.165) is 31.8 Å². The maximum Gasteiger partial charge on any atom is 0.257 e. The quantitative estimate of drug-likeness (QED) is 0.766. The lowest BCUT2D eigenvalue weighted by Crippen LogP contribution is -2.30. The van der Waals surface area contributed by atoms with Gasteiger partial charge in [-0.1, -0.05) is 0 Å². The van der Waals surface area contributed by atoms with Crippen molar-refractivity contribution in [1.82, 2.24) is 10.6 Å². The summed E-state index contributed by atoms with van der Waals surface area (Å²) >= 11 is 0. The van der Waals surface area contributed by atoms with Crippen molar-refractivity contribution in [3.63, 3.8) is 0 Å². The lowest BCUT2D eigenvalue weighted by Gasteiger charge is -2.10. The third kappa shape index (κ3) is 6.54. The second-order valence-corrected chi connectivity index (χ2v) is 5.19. The summed E-state index contributed by atoms with van der Waals surface area (Å²) in [5, 5.41) is 6.22. The maximum atomic E-state index is 11.7. The highest BCUT2D eigenvalue weighted by Crippen LogP contribution is 2.17. The van der Waals surface area contributed by atoms with Crippen LogP contribution in [0.3, 0.4) is 0 Å². The normalized spacial score (nSPS) is 16.7. The molecule has 6 heteroatoms. The van der Waals surface area contributed by atoms with Gasteiger partial charge in [0.25, 0.3) is 5.91 Å². The fraction of sp³-hybridized carbons (Fsp3) is 0.562. The monoisotopic (exact) mass is 328 g/mol. The number of carbonyl (C=O) groups is 1. The van der Waals surface area contributed by atoms with E-state index < -0.39 is 0 Å². The summed E-state index contributed by atoms with van der Waals surface area (Å²) in [6, 6.07) is 7.29. The molecule has 1 fully saturated rings. The molecule has 22 heavy (non-hydrogen) atoms. The topological polar surface area (TPSA) is 59.6 Å². The average molecular weight is 329 g/mol. The van der Waals surface area contributed by atoms with Gasteiger partial charge in [-0.05, 0) is 63.0 Å². The van der Waals surface area contributed by atoms with Gasteiger partial charge in [0.2, 0.25) is 0 Å². The van der Waals surface area contributed by atoms with Crippen molar-refractivity contribution in [2.24, 2.45) is 5.92 Å². The number of hydrogen-bond donors (Lipinski definition) is 2. The van der Waals surface area contributed by atoms with Crippen LogP contribution >= 0.6 is 12.4 Å². The second kappa shape index (κ2) is 10.3. The smallest absolute Gasteiger partial charge is 0.257 e. The molecule has 0 saturated carbocycles. The number of carbonyl (C=O) groups excluding carboxylic acids is 1. The van der Waals surface area contributed by atoms with Crippen LogP contribution in [0.15, 0.2) is 24.3 Å². The molecule has 1 aromatic carbocycles. The lowest BCUT2D eigenvalue weighted by molar-refractivity contribution is -0.123. The van der Waals surface area contributed by atoms with E-state index in [9.17, 15) is 4.79 Å². The summed E-state index contributed by atoms with van der Waals surface area (Å²) < 4.78 is 10.8. The molecule has 1 saturated heterocycles. The summed E-state index contributed by atoms with van der Waals surface area (Å²) in [7, 11) is 0. The van der Waals surface area contributed by atoms with Gasteiger partial charge in [0, 0.05) is 6.54 Å². The molecule has 0 radical (unpaired) electrons. The Morgan fingerprint density at radius 1 is 1.27 bits per heavy atom. The molecule has 1 atom stereocenters. The van der Waals surface area contributed by atoms with E-state index in [1.807, 2.05) is 31.2 Å². The molecule has 1 heterocycles. The molecule has 124 valence electrons. The molecule has 1 aromatic rings. The van der Waals surface area contributed by atoms with Gasteiger partial charge in [-0.25, -0.2) is 0 Å². The highest BCUT2D eigenvalue weighted by molar-refractivity contribution is 5.85. The third-order valence-electron chi connectivity index (χ3n) is 3.54. The molecule has 1 aliphatic rings. The Morgan fingerprint density at radius 3 is 2.55 bits per heavy atom. The highest BCUT2D eigenvalue weighted by Gasteiger charge is 2.14. The van der Waals surface area contributed by atoms with Crippen molar-refractivity contribution in [3.8, 4) is 11.5 Å². The fourth-order valence-electron chi connectivity index (χ4n) is 2.38. The number of nitrogens with one attached hydrogen (secondary N) is 2. The molecule has 0 aliphatic carbocycles. The number of hydrogen-bond acceptors (Lipinski definition) is 4. The van der Waals surface area contributed by atoms with Gasteiger partial charge in [0.1, 0.15) is 11.5 Å². The molecule has 1 unspecified atom stereocenters. The predicted molar refractivity (Wildman–Crippen MR) is 89.0 cm³/mol. The Hall–Kier alpha value is -1.46. The van der Waals surface area contributed by atoms with E-state index in [1.165, 1.54) is 6.42 Å². The van der Waals surface area contributed by atoms with Crippen molar-refractivity contribution in [3.05, 3.63) is 24.3 Å². The third-order valence-corrected chi connectivity index (χ3v) is 3.54. The summed E-state index contributed by atoms with van der Waals surface area (Å²) in [5.74, 6) is 2.10. The average Bonchev–Trinajstić information content (AvgIpc) is 3.00. The first-order valence-electron chi connectivity index (χ1n) is 7.61. The van der Waals surface area contributed by atoms with Crippen molar-refractivity contribution < 1.29 is 14.3 Å². The first-order valence-corrected chi connectivity index (χ1v) is 7.61. The van der Waals surface area contributed by atoms with Crippen molar-refractivity contribution in [1.29, 1.82) is 0 Å². The minimum absolute atomic E-state index is 0. The van der Waals surface area contributed by atoms with Crippen LogP contribution in [0.25, 0.3) is 0 Å². The Kier molecular flexibility index (Phi) is 8.70. The first-order chi connectivity index (χ1) is 10.3. The van der Waals surface area contributed by atoms with Crippen molar-refractivity contribution in [2.75, 3.05) is 32.8 Å². The highest BCUT2D eigenvalue weighted by atomic mass is 35.5. The summed E-state index contributed by atoms with van der Waals surface area (Å²) in [4.78, 5) is 11.7. The maximum absolute atomic E-state index is 11.7. The zero-order valence-electron chi connectivity index (χ0n) is 13.0. The fourth-order valence-corrected chi connectivity index (χ4v) is 2.38. The Bertz CT molecular complexity index is 434. The van der Waals surface area contributed by atoms with Crippen molar-refractivity contribution >= 4 is 18.3 Å². The van der Waals surface area contributed by atoms with Gasteiger partial charge < -0.3 is 20.1 Å². The van der Waals surface area contributed by atoms with Gasteiger partial charge in [0.15, 0.2) is 6.61 Å². The van der Waals surface area contributed by atoms with Gasteiger partial charge in [-0.2, -0.15) is 0 Å². The summed E-state index contributed by atoms with van der Waals surface area (Å²) in [6.07, 6.45) is 2.24. The Morgan fingerprint density at radius 2 is 1.95 bits per heavy atom. The number of halogens is 1. The number of benzene rings is 1. The zero-order valence-corrected chi connectivity index (χ0v) is 13.8. The van der Waals surface area contributed by atoms with E-state index in [1.54, 1.807) is 0 Å². The molecule has 0 bridgehead atoms. The standard InChI is InChI=1S/C16H24N2O3.ClH/c1-2-20-14-3-5-15(6-4-14)21-12-16(19)18-10-8-13-7-9-17-11-13;/h3-6,13,17H,2,7-12H2,1H3,(H,18,19);1H.